The Hall–Kier alpha value is -0.860. The number of carbonyl (C=O) groups is 1. The monoisotopic (exact) mass is 314 g/mol. The first-order chi connectivity index (χ1) is 9.58. The molecule has 122 valence electrons. The van der Waals surface area contributed by atoms with Gasteiger partial charge < -0.3 is 15.0 Å². The number of hydrogen-bond donors (Lipinski definition) is 1. The second-order valence-corrected chi connectivity index (χ2v) is 7.91. The molecule has 0 aromatic heterocycles. The van der Waals surface area contributed by atoms with Crippen LogP contribution in [0.1, 0.15) is 41.5 Å². The molecule has 1 N–H and O–H groups in total. The van der Waals surface area contributed by atoms with Gasteiger partial charge in [-0.2, -0.15) is 0 Å². The Kier molecular flexibility index (Phi) is 8.84. The van der Waals surface area contributed by atoms with E-state index in [4.69, 9.17) is 11.2 Å². The molecule has 0 radical (unpaired) electrons. The lowest BCUT2D eigenvalue weighted by Crippen LogP contribution is -2.50. The highest BCUT2D eigenvalue weighted by Gasteiger charge is 2.30. The molecule has 4 nitrogen and oxygen atoms in total. The topological polar surface area (TPSA) is 41.6 Å². The summed E-state index contributed by atoms with van der Waals surface area (Å²) in [6, 6.07) is 0. The van der Waals surface area contributed by atoms with E-state index >= 15 is 0 Å². The van der Waals surface area contributed by atoms with Crippen LogP contribution in [0, 0.1) is 12.3 Å². The van der Waals surface area contributed by atoms with E-state index in [1.807, 2.05) is 41.5 Å². The van der Waals surface area contributed by atoms with E-state index in [0.29, 0.717) is 6.54 Å². The van der Waals surface area contributed by atoms with Crippen LogP contribution >= 0.6 is 11.8 Å². The van der Waals surface area contributed by atoms with Crippen molar-refractivity contribution in [3.8, 4) is 12.3 Å². The summed E-state index contributed by atoms with van der Waals surface area (Å²) >= 11 is 1.73. The average molecular weight is 314 g/mol. The van der Waals surface area contributed by atoms with Crippen LogP contribution in [0.3, 0.4) is 0 Å². The van der Waals surface area contributed by atoms with Crippen molar-refractivity contribution < 1.29 is 9.53 Å². The molecule has 0 rings (SSSR count). The Morgan fingerprint density at radius 3 is 2.33 bits per heavy atom. The highest BCUT2D eigenvalue weighted by molar-refractivity contribution is 7.99. The quantitative estimate of drug-likeness (QED) is 0.579. The van der Waals surface area contributed by atoms with E-state index in [-0.39, 0.29) is 11.6 Å². The van der Waals surface area contributed by atoms with Crippen molar-refractivity contribution >= 4 is 17.9 Å². The van der Waals surface area contributed by atoms with Gasteiger partial charge in [0.1, 0.15) is 5.60 Å². The maximum Gasteiger partial charge on any atom is 0.410 e. The summed E-state index contributed by atoms with van der Waals surface area (Å²) in [6.45, 7) is 13.9. The lowest BCUT2D eigenvalue weighted by molar-refractivity contribution is 0.00669. The van der Waals surface area contributed by atoms with E-state index in [0.717, 1.165) is 24.6 Å². The van der Waals surface area contributed by atoms with Gasteiger partial charge in [0.05, 0.1) is 5.75 Å². The predicted molar refractivity (Wildman–Crippen MR) is 91.7 cm³/mol. The molecular formula is C16H30N2O2S. The number of thioether (sulfide) groups is 1. The third kappa shape index (κ3) is 10.5. The van der Waals surface area contributed by atoms with Crippen molar-refractivity contribution in [2.24, 2.45) is 0 Å². The van der Waals surface area contributed by atoms with E-state index in [2.05, 4.69) is 11.2 Å². The molecule has 0 aromatic carbocycles. The molecule has 1 amide bonds. The molecule has 0 fully saturated rings. The number of terminal acetylenes is 1. The molecule has 0 aliphatic carbocycles. The molecule has 0 aromatic rings. The Morgan fingerprint density at radius 2 is 1.86 bits per heavy atom. The smallest absolute Gasteiger partial charge is 0.410 e. The average Bonchev–Trinajstić information content (AvgIpc) is 2.28. The van der Waals surface area contributed by atoms with Gasteiger partial charge in [0, 0.05) is 30.9 Å². The highest BCUT2D eigenvalue weighted by Crippen LogP contribution is 2.17. The maximum atomic E-state index is 12.3. The number of hydrogen-bond acceptors (Lipinski definition) is 4. The summed E-state index contributed by atoms with van der Waals surface area (Å²) in [6.07, 6.45) is 4.93. The fraction of sp³-hybridized carbons (Fsp3) is 0.812. The Balaban J connectivity index is 4.22. The minimum atomic E-state index is -0.472. The molecule has 5 heteroatoms. The maximum absolute atomic E-state index is 12.3. The second kappa shape index (κ2) is 9.22. The molecule has 0 aliphatic heterocycles. The predicted octanol–water partition coefficient (Wildman–Crippen LogP) is 2.98. The number of nitrogens with one attached hydrogen (secondary N) is 1. The van der Waals surface area contributed by atoms with Crippen molar-refractivity contribution in [3.63, 3.8) is 0 Å². The normalized spacial score (nSPS) is 11.9. The van der Waals surface area contributed by atoms with Gasteiger partial charge in [-0.25, -0.2) is 4.79 Å². The SMILES string of the molecule is C#CCSCCNCCN(C(=O)OC(C)(C)C)C(C)(C)C. The molecule has 0 spiro atoms. The third-order valence-electron chi connectivity index (χ3n) is 2.54. The summed E-state index contributed by atoms with van der Waals surface area (Å²) in [7, 11) is 0. The summed E-state index contributed by atoms with van der Waals surface area (Å²) in [5.74, 6) is 4.32. The van der Waals surface area contributed by atoms with Crippen LogP contribution in [-0.4, -0.2) is 53.3 Å². The molecule has 0 saturated heterocycles. The minimum Gasteiger partial charge on any atom is -0.444 e. The Labute approximate surface area is 134 Å². The summed E-state index contributed by atoms with van der Waals surface area (Å²) < 4.78 is 5.47. The lowest BCUT2D eigenvalue weighted by Gasteiger charge is -2.36. The van der Waals surface area contributed by atoms with Crippen molar-refractivity contribution in [2.75, 3.05) is 31.1 Å². The van der Waals surface area contributed by atoms with E-state index in [9.17, 15) is 4.79 Å². The fourth-order valence-electron chi connectivity index (χ4n) is 1.61. The largest absolute Gasteiger partial charge is 0.444 e. The third-order valence-corrected chi connectivity index (χ3v) is 3.41. The van der Waals surface area contributed by atoms with Gasteiger partial charge in [-0.15, -0.1) is 18.2 Å². The number of carbonyl (C=O) groups excluding carboxylic acids is 1. The molecule has 0 heterocycles. The van der Waals surface area contributed by atoms with Crippen LogP contribution < -0.4 is 5.32 Å². The van der Waals surface area contributed by atoms with Crippen molar-refractivity contribution in [3.05, 3.63) is 0 Å². The van der Waals surface area contributed by atoms with Gasteiger partial charge in [-0.3, -0.25) is 0 Å². The first kappa shape index (κ1) is 20.1. The Morgan fingerprint density at radius 1 is 1.24 bits per heavy atom. The molecular weight excluding hydrogens is 284 g/mol. The van der Waals surface area contributed by atoms with Crippen LogP contribution in [0.25, 0.3) is 0 Å². The van der Waals surface area contributed by atoms with E-state index < -0.39 is 5.60 Å². The summed E-state index contributed by atoms with van der Waals surface area (Å²) in [5, 5.41) is 3.33. The van der Waals surface area contributed by atoms with Gasteiger partial charge in [0.25, 0.3) is 0 Å². The molecule has 0 aliphatic rings. The van der Waals surface area contributed by atoms with E-state index in [1.165, 1.54) is 0 Å². The Bertz CT molecular complexity index is 351. The standard InChI is InChI=1S/C16H30N2O2S/c1-8-12-21-13-10-17-9-11-18(15(2,3)4)14(19)20-16(5,6)7/h1,17H,9-13H2,2-7H3. The second-order valence-electron chi connectivity index (χ2n) is 6.81. The van der Waals surface area contributed by atoms with Gasteiger partial charge in [0.2, 0.25) is 0 Å². The van der Waals surface area contributed by atoms with Crippen LogP contribution in [0.4, 0.5) is 4.79 Å². The zero-order valence-electron chi connectivity index (χ0n) is 14.3. The summed E-state index contributed by atoms with van der Waals surface area (Å²) in [4.78, 5) is 14.0. The highest BCUT2D eigenvalue weighted by atomic mass is 32.2. The van der Waals surface area contributed by atoms with Crippen LogP contribution in [0.5, 0.6) is 0 Å². The lowest BCUT2D eigenvalue weighted by atomic mass is 10.1. The number of amides is 1. The van der Waals surface area contributed by atoms with Gasteiger partial charge in [-0.05, 0) is 41.5 Å². The number of nitrogens with zero attached hydrogens (tertiary/aromatic N) is 1. The minimum absolute atomic E-state index is 0.262. The molecule has 0 saturated carbocycles. The van der Waals surface area contributed by atoms with Gasteiger partial charge >= 0.3 is 6.09 Å². The van der Waals surface area contributed by atoms with Crippen molar-refractivity contribution in [1.82, 2.24) is 10.2 Å². The molecule has 0 bridgehead atoms. The van der Waals surface area contributed by atoms with Crippen LogP contribution in [-0.2, 0) is 4.74 Å². The first-order valence-electron chi connectivity index (χ1n) is 7.30. The fourth-order valence-corrected chi connectivity index (χ4v) is 2.16. The van der Waals surface area contributed by atoms with Crippen LogP contribution in [0.2, 0.25) is 0 Å². The molecule has 0 atom stereocenters. The van der Waals surface area contributed by atoms with E-state index in [1.54, 1.807) is 16.7 Å². The molecule has 0 unspecified atom stereocenters. The van der Waals surface area contributed by atoms with Gasteiger partial charge in [-0.1, -0.05) is 5.92 Å². The molecule has 21 heavy (non-hydrogen) atoms. The van der Waals surface area contributed by atoms with Crippen molar-refractivity contribution in [2.45, 2.75) is 52.7 Å². The van der Waals surface area contributed by atoms with Crippen molar-refractivity contribution in [1.29, 1.82) is 0 Å². The summed E-state index contributed by atoms with van der Waals surface area (Å²) in [5.41, 5.74) is -0.734. The van der Waals surface area contributed by atoms with Crippen LogP contribution in [0.15, 0.2) is 0 Å². The zero-order valence-corrected chi connectivity index (χ0v) is 15.1. The van der Waals surface area contributed by atoms with Gasteiger partial charge in [0.15, 0.2) is 0 Å². The number of rotatable bonds is 7. The number of ether oxygens (including phenoxy) is 1. The zero-order chi connectivity index (χ0) is 16.5. The first-order valence-corrected chi connectivity index (χ1v) is 8.46.